The third-order valence-corrected chi connectivity index (χ3v) is 7.32. The van der Waals surface area contributed by atoms with Gasteiger partial charge in [-0.05, 0) is 49.2 Å². The number of carbonyl (C=O) groups is 1. The van der Waals surface area contributed by atoms with E-state index in [1.54, 1.807) is 25.5 Å². The lowest BCUT2D eigenvalue weighted by Gasteiger charge is -2.24. The molecule has 0 amide bonds. The van der Waals surface area contributed by atoms with Crippen LogP contribution >= 0.6 is 11.3 Å². The first-order valence-electron chi connectivity index (χ1n) is 11.7. The molecule has 0 radical (unpaired) electrons. The van der Waals surface area contributed by atoms with Crippen LogP contribution in [0, 0.1) is 6.92 Å². The summed E-state index contributed by atoms with van der Waals surface area (Å²) in [5.41, 5.74) is 3.46. The number of nitrogens with zero attached hydrogens (tertiary/aromatic N) is 2. The molecule has 2 heterocycles. The first kappa shape index (κ1) is 23.8. The molecule has 0 N–H and O–H groups in total. The zero-order valence-corrected chi connectivity index (χ0v) is 21.4. The SMILES string of the molecule is CCOC(=O)C1=C(C)N=c2s/c(=C\c3c(OC)ccc4ccccc34)c(=O)n2C1c1ccc(C)cc1. The molecule has 7 heteroatoms. The van der Waals surface area contributed by atoms with E-state index in [0.717, 1.165) is 27.5 Å². The van der Waals surface area contributed by atoms with E-state index in [9.17, 15) is 9.59 Å². The van der Waals surface area contributed by atoms with Gasteiger partial charge in [-0.15, -0.1) is 0 Å². The number of aromatic nitrogens is 1. The summed E-state index contributed by atoms with van der Waals surface area (Å²) < 4.78 is 13.1. The van der Waals surface area contributed by atoms with Gasteiger partial charge in [-0.25, -0.2) is 9.79 Å². The number of benzene rings is 3. The fourth-order valence-corrected chi connectivity index (χ4v) is 5.62. The van der Waals surface area contributed by atoms with Gasteiger partial charge >= 0.3 is 5.97 Å². The molecule has 1 atom stereocenters. The van der Waals surface area contributed by atoms with Gasteiger partial charge in [-0.1, -0.05) is 71.5 Å². The number of ether oxygens (including phenoxy) is 2. The highest BCUT2D eigenvalue weighted by atomic mass is 32.1. The Kier molecular flexibility index (Phi) is 6.33. The third kappa shape index (κ3) is 4.05. The number of thiazole rings is 1. The first-order chi connectivity index (χ1) is 17.4. The molecule has 36 heavy (non-hydrogen) atoms. The number of hydrogen-bond acceptors (Lipinski definition) is 6. The minimum atomic E-state index is -0.627. The fourth-order valence-electron chi connectivity index (χ4n) is 4.59. The number of methoxy groups -OCH3 is 1. The number of fused-ring (bicyclic) bond motifs is 2. The lowest BCUT2D eigenvalue weighted by atomic mass is 9.95. The quantitative estimate of drug-likeness (QED) is 0.386. The topological polar surface area (TPSA) is 69.9 Å². The number of carbonyl (C=O) groups excluding carboxylic acids is 1. The van der Waals surface area contributed by atoms with E-state index in [0.29, 0.717) is 26.4 Å². The monoisotopic (exact) mass is 498 g/mol. The van der Waals surface area contributed by atoms with Crippen molar-refractivity contribution >= 4 is 34.2 Å². The van der Waals surface area contributed by atoms with Gasteiger partial charge in [-0.2, -0.15) is 0 Å². The highest BCUT2D eigenvalue weighted by Gasteiger charge is 2.33. The molecule has 0 aliphatic carbocycles. The minimum absolute atomic E-state index is 0.214. The van der Waals surface area contributed by atoms with Crippen molar-refractivity contribution < 1.29 is 14.3 Å². The van der Waals surface area contributed by atoms with Crippen molar-refractivity contribution in [2.45, 2.75) is 26.8 Å². The number of rotatable bonds is 5. The van der Waals surface area contributed by atoms with E-state index in [-0.39, 0.29) is 12.2 Å². The Morgan fingerprint density at radius 3 is 2.56 bits per heavy atom. The molecule has 0 spiro atoms. The molecule has 1 aromatic heterocycles. The van der Waals surface area contributed by atoms with Gasteiger partial charge in [0, 0.05) is 5.56 Å². The average molecular weight is 499 g/mol. The van der Waals surface area contributed by atoms with E-state index in [4.69, 9.17) is 9.47 Å². The van der Waals surface area contributed by atoms with Crippen LogP contribution in [0.15, 0.2) is 81.7 Å². The van der Waals surface area contributed by atoms with Gasteiger partial charge in [0.2, 0.25) is 0 Å². The van der Waals surface area contributed by atoms with E-state index in [1.165, 1.54) is 11.3 Å². The van der Waals surface area contributed by atoms with Crippen molar-refractivity contribution in [3.05, 3.63) is 108 Å². The van der Waals surface area contributed by atoms with Gasteiger partial charge in [-0.3, -0.25) is 9.36 Å². The average Bonchev–Trinajstić information content (AvgIpc) is 3.18. The Hall–Kier alpha value is -3.97. The van der Waals surface area contributed by atoms with Gasteiger partial charge < -0.3 is 9.47 Å². The molecule has 1 unspecified atom stereocenters. The molecular formula is C29H26N2O4S. The van der Waals surface area contributed by atoms with Crippen LogP contribution in [0.4, 0.5) is 0 Å². The maximum Gasteiger partial charge on any atom is 0.338 e. The first-order valence-corrected chi connectivity index (χ1v) is 12.6. The molecule has 1 aliphatic heterocycles. The zero-order valence-electron chi connectivity index (χ0n) is 20.6. The lowest BCUT2D eigenvalue weighted by molar-refractivity contribution is -0.139. The Morgan fingerprint density at radius 2 is 1.83 bits per heavy atom. The van der Waals surface area contributed by atoms with Crippen molar-refractivity contribution in [1.82, 2.24) is 4.57 Å². The highest BCUT2D eigenvalue weighted by molar-refractivity contribution is 7.07. The highest BCUT2D eigenvalue weighted by Crippen LogP contribution is 2.31. The summed E-state index contributed by atoms with van der Waals surface area (Å²) >= 11 is 1.30. The molecule has 6 nitrogen and oxygen atoms in total. The Bertz CT molecular complexity index is 1690. The van der Waals surface area contributed by atoms with E-state index < -0.39 is 12.0 Å². The molecule has 0 bridgehead atoms. The van der Waals surface area contributed by atoms with Crippen molar-refractivity contribution in [1.29, 1.82) is 0 Å². The van der Waals surface area contributed by atoms with Gasteiger partial charge in [0.25, 0.3) is 5.56 Å². The molecule has 0 saturated carbocycles. The Morgan fingerprint density at radius 1 is 1.08 bits per heavy atom. The van der Waals surface area contributed by atoms with Gasteiger partial charge in [0.15, 0.2) is 4.80 Å². The Labute approximate surface area is 212 Å². The molecule has 1 aliphatic rings. The normalized spacial score (nSPS) is 15.6. The number of aryl methyl sites for hydroxylation is 1. The third-order valence-electron chi connectivity index (χ3n) is 6.34. The number of hydrogen-bond donors (Lipinski definition) is 0. The fraction of sp³-hybridized carbons (Fsp3) is 0.207. The summed E-state index contributed by atoms with van der Waals surface area (Å²) in [6.07, 6.45) is 1.86. The molecule has 3 aromatic carbocycles. The van der Waals surface area contributed by atoms with Crippen LogP contribution in [0.25, 0.3) is 16.8 Å². The standard InChI is InChI=1S/C29H26N2O4S/c1-5-35-28(33)25-18(3)30-29-31(26(25)20-12-10-17(2)11-13-20)27(32)24(36-29)16-22-21-9-7-6-8-19(21)14-15-23(22)34-4/h6-16,26H,5H2,1-4H3/b24-16-. The van der Waals surface area contributed by atoms with Gasteiger partial charge in [0.05, 0.1) is 35.6 Å². The van der Waals surface area contributed by atoms with Crippen LogP contribution in [0.2, 0.25) is 0 Å². The summed E-state index contributed by atoms with van der Waals surface area (Å²) in [6, 6.07) is 19.1. The second kappa shape index (κ2) is 9.59. The summed E-state index contributed by atoms with van der Waals surface area (Å²) in [5.74, 6) is 0.215. The summed E-state index contributed by atoms with van der Waals surface area (Å²) in [7, 11) is 1.62. The second-order valence-corrected chi connectivity index (χ2v) is 9.62. The summed E-state index contributed by atoms with van der Waals surface area (Å²) in [5, 5.41) is 2.04. The van der Waals surface area contributed by atoms with Crippen molar-refractivity contribution in [3.8, 4) is 5.75 Å². The maximum atomic E-state index is 13.9. The van der Waals surface area contributed by atoms with E-state index >= 15 is 0 Å². The smallest absolute Gasteiger partial charge is 0.338 e. The van der Waals surface area contributed by atoms with Crippen molar-refractivity contribution in [3.63, 3.8) is 0 Å². The van der Waals surface area contributed by atoms with Gasteiger partial charge in [0.1, 0.15) is 5.75 Å². The lowest BCUT2D eigenvalue weighted by Crippen LogP contribution is -2.39. The van der Waals surface area contributed by atoms with Crippen LogP contribution in [0.5, 0.6) is 5.75 Å². The van der Waals surface area contributed by atoms with Crippen LogP contribution in [-0.2, 0) is 9.53 Å². The zero-order chi connectivity index (χ0) is 25.4. The van der Waals surface area contributed by atoms with E-state index in [2.05, 4.69) is 4.99 Å². The molecule has 4 aromatic rings. The molecule has 182 valence electrons. The minimum Gasteiger partial charge on any atom is -0.496 e. The predicted octanol–water partition coefficient (Wildman–Crippen LogP) is 4.27. The summed E-state index contributed by atoms with van der Waals surface area (Å²) in [6.45, 7) is 5.79. The summed E-state index contributed by atoms with van der Waals surface area (Å²) in [4.78, 5) is 32.1. The van der Waals surface area contributed by atoms with Crippen LogP contribution < -0.4 is 19.6 Å². The number of allylic oxidation sites excluding steroid dienone is 1. The van der Waals surface area contributed by atoms with Crippen LogP contribution in [0.3, 0.4) is 0 Å². The van der Waals surface area contributed by atoms with E-state index in [1.807, 2.05) is 73.7 Å². The van der Waals surface area contributed by atoms with Crippen LogP contribution in [-0.4, -0.2) is 24.3 Å². The molecule has 0 fully saturated rings. The van der Waals surface area contributed by atoms with Crippen LogP contribution in [0.1, 0.15) is 36.6 Å². The number of esters is 1. The molecule has 0 saturated heterocycles. The largest absolute Gasteiger partial charge is 0.496 e. The van der Waals surface area contributed by atoms with Crippen molar-refractivity contribution in [2.75, 3.05) is 13.7 Å². The Balaban J connectivity index is 1.78. The maximum absolute atomic E-state index is 13.9. The predicted molar refractivity (Wildman–Crippen MR) is 142 cm³/mol. The van der Waals surface area contributed by atoms with Crippen molar-refractivity contribution in [2.24, 2.45) is 4.99 Å². The molecular weight excluding hydrogens is 472 g/mol. The molecule has 5 rings (SSSR count). The second-order valence-electron chi connectivity index (χ2n) is 8.62.